The largest absolute Gasteiger partial charge is 0.417 e. The molecule has 1 fully saturated rings. The van der Waals surface area contributed by atoms with Gasteiger partial charge in [0.25, 0.3) is 0 Å². The van der Waals surface area contributed by atoms with Crippen molar-refractivity contribution in [3.8, 4) is 11.1 Å². The fourth-order valence-electron chi connectivity index (χ4n) is 6.05. The number of benzene rings is 1. The van der Waals surface area contributed by atoms with Gasteiger partial charge in [-0.25, -0.2) is 9.59 Å². The predicted molar refractivity (Wildman–Crippen MR) is 156 cm³/mol. The lowest BCUT2D eigenvalue weighted by molar-refractivity contribution is -0.137. The van der Waals surface area contributed by atoms with Gasteiger partial charge in [0.15, 0.2) is 0 Å². The molecule has 5 heterocycles. The van der Waals surface area contributed by atoms with E-state index in [1.54, 1.807) is 15.2 Å². The third-order valence-electron chi connectivity index (χ3n) is 7.81. The van der Waals surface area contributed by atoms with Crippen molar-refractivity contribution < 1.29 is 22.7 Å². The number of piperazine rings is 1. The number of hydrogen-bond acceptors (Lipinski definition) is 8. The minimum Gasteiger partial charge on any atom is -0.379 e. The van der Waals surface area contributed by atoms with Crippen LogP contribution in [0.1, 0.15) is 19.4 Å². The van der Waals surface area contributed by atoms with Gasteiger partial charge in [-0.1, -0.05) is 6.58 Å². The van der Waals surface area contributed by atoms with Crippen LogP contribution in [0.5, 0.6) is 0 Å². The number of aromatic nitrogens is 4. The molecule has 6 rings (SSSR count). The number of rotatable bonds is 4. The summed E-state index contributed by atoms with van der Waals surface area (Å²) in [5.41, 5.74) is -1.31. The van der Waals surface area contributed by atoms with Crippen molar-refractivity contribution in [3.05, 3.63) is 50.6 Å². The van der Waals surface area contributed by atoms with E-state index in [9.17, 15) is 27.6 Å². The van der Waals surface area contributed by atoms with Crippen molar-refractivity contribution in [3.63, 3.8) is 0 Å². The van der Waals surface area contributed by atoms with Crippen LogP contribution in [0.15, 0.2) is 38.6 Å². The fraction of sp³-hybridized carbons (Fsp3) is 0.407. The van der Waals surface area contributed by atoms with Gasteiger partial charge < -0.3 is 19.5 Å². The average Bonchev–Trinajstić information content (AvgIpc) is 3.41. The van der Waals surface area contributed by atoms with Crippen LogP contribution >= 0.6 is 23.1 Å². The minimum absolute atomic E-state index is 0.105. The van der Waals surface area contributed by atoms with Crippen molar-refractivity contribution in [2.45, 2.75) is 49.7 Å². The molecule has 1 amide bonds. The Bertz CT molecular complexity index is 1850. The van der Waals surface area contributed by atoms with Gasteiger partial charge in [-0.2, -0.15) is 18.2 Å². The van der Waals surface area contributed by atoms with Gasteiger partial charge in [0, 0.05) is 64.8 Å². The Morgan fingerprint density at radius 3 is 2.55 bits per heavy atom. The van der Waals surface area contributed by atoms with Gasteiger partial charge in [-0.05, 0) is 26.0 Å². The van der Waals surface area contributed by atoms with Crippen molar-refractivity contribution in [1.29, 1.82) is 0 Å². The second-order valence-corrected chi connectivity index (χ2v) is 12.4. The summed E-state index contributed by atoms with van der Waals surface area (Å²) < 4.78 is 51.8. The number of carbonyl (C=O) groups is 1. The summed E-state index contributed by atoms with van der Waals surface area (Å²) in [5.74, 6) is 0.187. The standard InChI is InChI=1S/C27H27F3N6O4S2/c1-5-18(37)36-12(2)7-34(8-13(36)3)23-15-6-17(27(28,29)30)19(16-11-42-24-20(16)31-25(38)33-24)22-21(15)35(26(39)32-23)9-14(40-4)10-41-22/h5-6,11-14H,1,7-10H2,2-4H3,(H2,31,33,38)/t12-,13+,14?. The van der Waals surface area contributed by atoms with Crippen LogP contribution in [0.2, 0.25) is 0 Å². The summed E-state index contributed by atoms with van der Waals surface area (Å²) >= 11 is 2.31. The van der Waals surface area contributed by atoms with Crippen LogP contribution in [-0.4, -0.2) is 74.5 Å². The van der Waals surface area contributed by atoms with Gasteiger partial charge in [0.05, 0.1) is 29.2 Å². The maximum atomic E-state index is 14.9. The monoisotopic (exact) mass is 620 g/mol. The van der Waals surface area contributed by atoms with Crippen LogP contribution in [0.25, 0.3) is 32.4 Å². The molecule has 2 N–H and O–H groups in total. The number of ether oxygens (including phenoxy) is 1. The lowest BCUT2D eigenvalue weighted by atomic mass is 9.97. The zero-order valence-electron chi connectivity index (χ0n) is 22.9. The number of halogens is 3. The van der Waals surface area contributed by atoms with Crippen LogP contribution in [0.3, 0.4) is 0 Å². The van der Waals surface area contributed by atoms with E-state index >= 15 is 0 Å². The van der Waals surface area contributed by atoms with Gasteiger partial charge >= 0.3 is 17.6 Å². The number of amides is 1. The van der Waals surface area contributed by atoms with Crippen LogP contribution in [0, 0.1) is 0 Å². The molecule has 42 heavy (non-hydrogen) atoms. The third kappa shape index (κ3) is 4.54. The van der Waals surface area contributed by atoms with E-state index in [2.05, 4.69) is 21.5 Å². The zero-order chi connectivity index (χ0) is 30.1. The molecule has 10 nitrogen and oxygen atoms in total. The van der Waals surface area contributed by atoms with Crippen molar-refractivity contribution >= 4 is 56.1 Å². The number of anilines is 1. The minimum atomic E-state index is -4.77. The Hall–Kier alpha value is -3.56. The molecule has 4 aromatic rings. The maximum Gasteiger partial charge on any atom is 0.417 e. The molecule has 1 aromatic carbocycles. The van der Waals surface area contributed by atoms with Gasteiger partial charge in [0.2, 0.25) is 5.91 Å². The number of nitrogens with one attached hydrogen (secondary N) is 2. The number of hydrogen-bond donors (Lipinski definition) is 2. The number of aromatic amines is 2. The molecule has 1 unspecified atom stereocenters. The molecular weight excluding hydrogens is 593 g/mol. The van der Waals surface area contributed by atoms with E-state index < -0.39 is 29.2 Å². The molecular formula is C27H27F3N6O4S2. The van der Waals surface area contributed by atoms with E-state index in [-0.39, 0.29) is 70.4 Å². The second kappa shape index (κ2) is 10.3. The number of thiophene rings is 1. The van der Waals surface area contributed by atoms with Gasteiger partial charge in [-0.15, -0.1) is 23.1 Å². The summed E-state index contributed by atoms with van der Waals surface area (Å²) in [7, 11) is 1.49. The number of fused-ring (bicyclic) bond motifs is 1. The molecule has 15 heteroatoms. The van der Waals surface area contributed by atoms with Crippen LogP contribution < -0.4 is 16.3 Å². The molecule has 0 bridgehead atoms. The molecule has 0 spiro atoms. The first-order chi connectivity index (χ1) is 19.9. The highest BCUT2D eigenvalue weighted by Gasteiger charge is 2.40. The SMILES string of the molecule is C=CC(=O)N1[C@H](C)CN(c2nc(=O)n3c4c(c(-c5csc6[nH]c(=O)[nH]c56)c(C(F)(F)F)cc24)SCC(OC)C3)C[C@@H]1C. The lowest BCUT2D eigenvalue weighted by Crippen LogP contribution is -2.58. The zero-order valence-corrected chi connectivity index (χ0v) is 24.5. The highest BCUT2D eigenvalue weighted by molar-refractivity contribution is 7.99. The number of alkyl halides is 3. The normalized spacial score (nSPS) is 21.2. The number of nitrogens with zero attached hydrogens (tertiary/aromatic N) is 4. The number of thioether (sulfide) groups is 1. The maximum absolute atomic E-state index is 14.9. The Balaban J connectivity index is 1.66. The Morgan fingerprint density at radius 2 is 1.90 bits per heavy atom. The molecule has 222 valence electrons. The predicted octanol–water partition coefficient (Wildman–Crippen LogP) is 4.05. The molecule has 2 aliphatic rings. The van der Waals surface area contributed by atoms with Crippen LogP contribution in [0.4, 0.5) is 19.0 Å². The Kier molecular flexibility index (Phi) is 7.01. The van der Waals surface area contributed by atoms with E-state index in [1.807, 2.05) is 13.8 Å². The molecule has 0 aliphatic carbocycles. The average molecular weight is 621 g/mol. The van der Waals surface area contributed by atoms with Crippen molar-refractivity contribution in [2.24, 2.45) is 0 Å². The summed E-state index contributed by atoms with van der Waals surface area (Å²) in [5, 5.41) is 1.76. The first-order valence-electron chi connectivity index (χ1n) is 13.2. The number of H-pyrrole nitrogens is 2. The van der Waals surface area contributed by atoms with Crippen molar-refractivity contribution in [1.82, 2.24) is 24.4 Å². The summed E-state index contributed by atoms with van der Waals surface area (Å²) in [6.07, 6.45) is -3.99. The van der Waals surface area contributed by atoms with Gasteiger partial charge in [0.1, 0.15) is 10.6 Å². The number of methoxy groups -OCH3 is 1. The second-order valence-electron chi connectivity index (χ2n) is 10.5. The van der Waals surface area contributed by atoms with E-state index in [0.717, 1.165) is 17.4 Å². The molecule has 2 aliphatic heterocycles. The third-order valence-corrected chi connectivity index (χ3v) is 9.93. The number of imidazole rings is 1. The molecule has 3 aromatic heterocycles. The molecule has 3 atom stereocenters. The molecule has 0 radical (unpaired) electrons. The molecule has 0 saturated carbocycles. The first kappa shape index (κ1) is 28.6. The summed E-state index contributed by atoms with van der Waals surface area (Å²) in [6, 6.07) is 0.434. The highest BCUT2D eigenvalue weighted by atomic mass is 32.2. The van der Waals surface area contributed by atoms with Crippen LogP contribution in [-0.2, 0) is 22.3 Å². The summed E-state index contributed by atoms with van der Waals surface area (Å²) in [6.45, 7) is 7.88. The smallest absolute Gasteiger partial charge is 0.379 e. The number of carbonyl (C=O) groups excluding carboxylic acids is 1. The van der Waals surface area contributed by atoms with E-state index in [1.165, 1.54) is 29.5 Å². The topological polar surface area (TPSA) is 116 Å². The Morgan fingerprint density at radius 1 is 1.19 bits per heavy atom. The quantitative estimate of drug-likeness (QED) is 0.331. The van der Waals surface area contributed by atoms with E-state index in [0.29, 0.717) is 16.1 Å². The molecule has 1 saturated heterocycles. The highest BCUT2D eigenvalue weighted by Crippen LogP contribution is 2.50. The Labute approximate surface area is 245 Å². The van der Waals surface area contributed by atoms with Crippen molar-refractivity contribution in [2.75, 3.05) is 30.9 Å². The van der Waals surface area contributed by atoms with Gasteiger partial charge in [-0.3, -0.25) is 14.3 Å². The fourth-order valence-corrected chi connectivity index (χ4v) is 8.27. The first-order valence-corrected chi connectivity index (χ1v) is 15.0. The summed E-state index contributed by atoms with van der Waals surface area (Å²) in [4.78, 5) is 51.9. The van der Waals surface area contributed by atoms with E-state index in [4.69, 9.17) is 4.74 Å². The lowest BCUT2D eigenvalue weighted by Gasteiger charge is -2.44.